The Morgan fingerprint density at radius 3 is 2.95 bits per heavy atom. The van der Waals surface area contributed by atoms with Crippen molar-refractivity contribution in [1.29, 1.82) is 0 Å². The fourth-order valence-electron chi connectivity index (χ4n) is 1.62. The van der Waals surface area contributed by atoms with E-state index >= 15 is 0 Å². The molecule has 0 radical (unpaired) electrons. The monoisotopic (exact) mass is 335 g/mol. The molecule has 21 heavy (non-hydrogen) atoms. The Morgan fingerprint density at radius 2 is 2.33 bits per heavy atom. The minimum absolute atomic E-state index is 0.191. The molecule has 2 N–H and O–H groups in total. The van der Waals surface area contributed by atoms with Gasteiger partial charge in [0.05, 0.1) is 19.3 Å². The average Bonchev–Trinajstić information content (AvgIpc) is 2.91. The summed E-state index contributed by atoms with van der Waals surface area (Å²) in [5.41, 5.74) is 5.71. The van der Waals surface area contributed by atoms with Crippen molar-refractivity contribution < 1.29 is 19.1 Å². The topological polar surface area (TPSA) is 79.9 Å². The lowest BCUT2D eigenvalue weighted by atomic mass is 10.3. The summed E-state index contributed by atoms with van der Waals surface area (Å²) in [5.74, 6) is -0.305. The number of hydrazine groups is 2. The van der Waals surface area contributed by atoms with Crippen LogP contribution in [0.4, 0.5) is 0 Å². The number of ether oxygens (including phenoxy) is 2. The van der Waals surface area contributed by atoms with E-state index in [9.17, 15) is 9.59 Å². The van der Waals surface area contributed by atoms with Gasteiger partial charge >= 0.3 is 5.97 Å². The molecule has 1 heterocycles. The number of nitrogens with zero attached hydrogens (tertiary/aromatic N) is 1. The molecule has 9 heteroatoms. The van der Waals surface area contributed by atoms with Crippen LogP contribution in [0.1, 0.15) is 20.3 Å². The minimum Gasteiger partial charge on any atom is -0.479 e. The maximum absolute atomic E-state index is 11.7. The smallest absolute Gasteiger partial charge is 0.319 e. The minimum atomic E-state index is -0.380. The van der Waals surface area contributed by atoms with Crippen LogP contribution in [0.2, 0.25) is 0 Å². The van der Waals surface area contributed by atoms with E-state index in [1.807, 2.05) is 11.9 Å². The van der Waals surface area contributed by atoms with Crippen molar-refractivity contribution in [3.63, 3.8) is 0 Å². The Kier molecular flexibility index (Phi) is 8.77. The predicted octanol–water partition coefficient (Wildman–Crippen LogP) is 0.255. The Hall–Kier alpha value is -0.740. The number of esters is 1. The van der Waals surface area contributed by atoms with Crippen LogP contribution in [0.5, 0.6) is 0 Å². The summed E-state index contributed by atoms with van der Waals surface area (Å²) in [4.78, 5) is 22.3. The van der Waals surface area contributed by atoms with Crippen molar-refractivity contribution in [2.45, 2.75) is 31.6 Å². The fraction of sp³-hybridized carbons (Fsp3) is 0.750. The Morgan fingerprint density at radius 1 is 1.57 bits per heavy atom. The van der Waals surface area contributed by atoms with E-state index in [-0.39, 0.29) is 17.3 Å². The predicted molar refractivity (Wildman–Crippen MR) is 84.5 cm³/mol. The number of carbonyl (C=O) groups excluding carboxylic acids is 2. The number of aldehydes is 1. The van der Waals surface area contributed by atoms with E-state index in [4.69, 9.17) is 21.7 Å². The van der Waals surface area contributed by atoms with Gasteiger partial charge in [-0.3, -0.25) is 4.79 Å². The first-order valence-electron chi connectivity index (χ1n) is 6.78. The Bertz CT molecular complexity index is 370. The molecular formula is C12H21N3O4S2. The van der Waals surface area contributed by atoms with Crippen LogP contribution in [-0.4, -0.2) is 59.2 Å². The van der Waals surface area contributed by atoms with Crippen LogP contribution in [0.3, 0.4) is 0 Å². The van der Waals surface area contributed by atoms with Gasteiger partial charge < -0.3 is 14.3 Å². The normalized spacial score (nSPS) is 20.0. The molecular weight excluding hydrogens is 314 g/mol. The third-order valence-electron chi connectivity index (χ3n) is 2.67. The molecule has 1 fully saturated rings. The molecule has 0 saturated carbocycles. The highest BCUT2D eigenvalue weighted by atomic mass is 32.2. The lowest BCUT2D eigenvalue weighted by Crippen LogP contribution is -2.37. The summed E-state index contributed by atoms with van der Waals surface area (Å²) in [6, 6.07) is -0.191. The SMILES string of the molecule is CCOC(=S)SC(C)C(=O)OCCCN1CC(C=O)NN1. The second-order valence-corrected chi connectivity index (χ2v) is 6.35. The number of hydrogen-bond acceptors (Lipinski definition) is 9. The highest BCUT2D eigenvalue weighted by Crippen LogP contribution is 2.15. The van der Waals surface area contributed by atoms with Gasteiger partial charge in [0.15, 0.2) is 0 Å². The van der Waals surface area contributed by atoms with Crippen molar-refractivity contribution in [1.82, 2.24) is 16.0 Å². The summed E-state index contributed by atoms with van der Waals surface area (Å²) in [6.45, 7) is 5.68. The highest BCUT2D eigenvalue weighted by molar-refractivity contribution is 8.23. The number of rotatable bonds is 8. The van der Waals surface area contributed by atoms with Crippen molar-refractivity contribution in [2.75, 3.05) is 26.3 Å². The van der Waals surface area contributed by atoms with Crippen molar-refractivity contribution >= 4 is 40.6 Å². The zero-order chi connectivity index (χ0) is 15.7. The zero-order valence-corrected chi connectivity index (χ0v) is 13.8. The van der Waals surface area contributed by atoms with Gasteiger partial charge in [-0.2, -0.15) is 5.53 Å². The third kappa shape index (κ3) is 7.18. The van der Waals surface area contributed by atoms with Gasteiger partial charge in [0, 0.05) is 13.1 Å². The molecule has 1 rings (SSSR count). The van der Waals surface area contributed by atoms with Crippen LogP contribution in [-0.2, 0) is 19.1 Å². The molecule has 0 aromatic rings. The maximum Gasteiger partial charge on any atom is 0.319 e. The number of hydrogen-bond donors (Lipinski definition) is 2. The molecule has 0 amide bonds. The van der Waals surface area contributed by atoms with E-state index in [1.165, 1.54) is 11.8 Å². The van der Waals surface area contributed by atoms with E-state index in [0.29, 0.717) is 37.1 Å². The van der Waals surface area contributed by atoms with E-state index in [1.54, 1.807) is 6.92 Å². The molecule has 0 aliphatic carbocycles. The fourth-order valence-corrected chi connectivity index (χ4v) is 2.81. The maximum atomic E-state index is 11.7. The quantitative estimate of drug-likeness (QED) is 0.281. The van der Waals surface area contributed by atoms with Gasteiger partial charge in [0.25, 0.3) is 0 Å². The van der Waals surface area contributed by atoms with Crippen molar-refractivity contribution in [2.24, 2.45) is 0 Å². The van der Waals surface area contributed by atoms with Crippen molar-refractivity contribution in [3.8, 4) is 0 Å². The number of thioether (sulfide) groups is 1. The van der Waals surface area contributed by atoms with E-state index in [2.05, 4.69) is 11.0 Å². The van der Waals surface area contributed by atoms with E-state index in [0.717, 1.165) is 6.29 Å². The molecule has 0 spiro atoms. The first-order chi connectivity index (χ1) is 10.1. The highest BCUT2D eigenvalue weighted by Gasteiger charge is 2.21. The second kappa shape index (κ2) is 10.1. The lowest BCUT2D eigenvalue weighted by molar-refractivity contribution is -0.142. The van der Waals surface area contributed by atoms with Gasteiger partial charge in [-0.05, 0) is 32.5 Å². The van der Waals surface area contributed by atoms with Crippen LogP contribution in [0, 0.1) is 0 Å². The molecule has 1 aliphatic heterocycles. The molecule has 2 atom stereocenters. The molecule has 0 bridgehead atoms. The largest absolute Gasteiger partial charge is 0.479 e. The average molecular weight is 335 g/mol. The molecule has 120 valence electrons. The standard InChI is InChI=1S/C12H21N3O4S2/c1-3-18-12(20)21-9(2)11(17)19-6-4-5-15-7-10(8-16)13-14-15/h8-10,13-14H,3-7H2,1-2H3. The van der Waals surface area contributed by atoms with Gasteiger partial charge in [-0.1, -0.05) is 11.8 Å². The van der Waals surface area contributed by atoms with Gasteiger partial charge in [0.1, 0.15) is 11.5 Å². The van der Waals surface area contributed by atoms with E-state index < -0.39 is 0 Å². The molecule has 1 saturated heterocycles. The summed E-state index contributed by atoms with van der Waals surface area (Å²) in [5, 5.41) is 1.49. The zero-order valence-electron chi connectivity index (χ0n) is 12.2. The first-order valence-corrected chi connectivity index (χ1v) is 8.07. The summed E-state index contributed by atoms with van der Waals surface area (Å²) in [6.07, 6.45) is 1.53. The number of thiocarbonyl (C=S) groups is 1. The number of nitrogens with one attached hydrogen (secondary N) is 2. The van der Waals surface area contributed by atoms with Crippen LogP contribution < -0.4 is 11.0 Å². The second-order valence-electron chi connectivity index (χ2n) is 4.41. The number of carbonyl (C=O) groups is 2. The molecule has 0 aromatic heterocycles. The summed E-state index contributed by atoms with van der Waals surface area (Å²) >= 11 is 6.14. The lowest BCUT2D eigenvalue weighted by Gasteiger charge is -2.15. The van der Waals surface area contributed by atoms with Crippen molar-refractivity contribution in [3.05, 3.63) is 0 Å². The van der Waals surface area contributed by atoms with Gasteiger partial charge in [0.2, 0.25) is 4.38 Å². The molecule has 0 aromatic carbocycles. The van der Waals surface area contributed by atoms with Crippen LogP contribution >= 0.6 is 24.0 Å². The van der Waals surface area contributed by atoms with Crippen LogP contribution in [0.25, 0.3) is 0 Å². The molecule has 2 unspecified atom stereocenters. The third-order valence-corrected chi connectivity index (χ3v) is 3.94. The van der Waals surface area contributed by atoms with Crippen LogP contribution in [0.15, 0.2) is 0 Å². The summed E-state index contributed by atoms with van der Waals surface area (Å²) < 4.78 is 10.6. The molecule has 1 aliphatic rings. The summed E-state index contributed by atoms with van der Waals surface area (Å²) in [7, 11) is 0. The first kappa shape index (κ1) is 18.3. The Balaban J connectivity index is 2.10. The molecule has 7 nitrogen and oxygen atoms in total. The van der Waals surface area contributed by atoms with Gasteiger partial charge in [-0.15, -0.1) is 0 Å². The Labute approximate surface area is 134 Å². The van der Waals surface area contributed by atoms with Gasteiger partial charge in [-0.25, -0.2) is 10.4 Å².